The molecule has 0 saturated carbocycles. The Balaban J connectivity index is 0.862. The fraction of sp³-hybridized carbons (Fsp3) is 0. The monoisotopic (exact) mass is 867 g/mol. The summed E-state index contributed by atoms with van der Waals surface area (Å²) in [5, 5.41) is 3.61. The van der Waals surface area contributed by atoms with Gasteiger partial charge in [0.1, 0.15) is 11.3 Å². The number of furan rings is 1. The second-order valence-electron chi connectivity index (χ2n) is 17.2. The van der Waals surface area contributed by atoms with Crippen LogP contribution in [0.3, 0.4) is 0 Å². The predicted molar refractivity (Wildman–Crippen MR) is 286 cm³/mol. The van der Waals surface area contributed by atoms with Crippen LogP contribution in [0.2, 0.25) is 0 Å². The van der Waals surface area contributed by atoms with E-state index in [0.29, 0.717) is 0 Å². The minimum Gasteiger partial charge on any atom is -0.455 e. The molecule has 0 saturated heterocycles. The summed E-state index contributed by atoms with van der Waals surface area (Å²) in [5.74, 6) is 0.884. The largest absolute Gasteiger partial charge is 0.455 e. The van der Waals surface area contributed by atoms with Gasteiger partial charge in [-0.3, -0.25) is 0 Å². The average Bonchev–Trinajstić information content (AvgIpc) is 3.82. The summed E-state index contributed by atoms with van der Waals surface area (Å²) in [5.41, 5.74) is 19.3. The van der Waals surface area contributed by atoms with Crippen molar-refractivity contribution < 1.29 is 4.42 Å². The van der Waals surface area contributed by atoms with Crippen LogP contribution < -0.4 is 4.90 Å². The maximum absolute atomic E-state index is 6.57. The predicted octanol–water partition coefficient (Wildman–Crippen LogP) is 18.7. The molecule has 0 radical (unpaired) electrons. The Morgan fingerprint density at radius 3 is 1.28 bits per heavy atom. The van der Waals surface area contributed by atoms with E-state index in [4.69, 9.17) is 4.42 Å². The molecule has 320 valence electrons. The lowest BCUT2D eigenvalue weighted by Crippen LogP contribution is -2.09. The van der Waals surface area contributed by atoms with Gasteiger partial charge in [-0.05, 0) is 121 Å². The smallest absolute Gasteiger partial charge is 0.143 e. The van der Waals surface area contributed by atoms with Gasteiger partial charge in [0.2, 0.25) is 0 Å². The lowest BCUT2D eigenvalue weighted by molar-refractivity contribution is 0.632. The number of hydrogen-bond acceptors (Lipinski definition) is 2. The molecule has 0 atom stereocenters. The third-order valence-corrected chi connectivity index (χ3v) is 13.1. The molecule has 11 aromatic carbocycles. The molecular weight excluding hydrogens is 823 g/mol. The summed E-state index contributed by atoms with van der Waals surface area (Å²) < 4.78 is 6.57. The molecule has 1 aromatic heterocycles. The summed E-state index contributed by atoms with van der Waals surface area (Å²) in [7, 11) is 0. The van der Waals surface area contributed by atoms with Crippen LogP contribution in [0.4, 0.5) is 17.1 Å². The van der Waals surface area contributed by atoms with Gasteiger partial charge in [-0.2, -0.15) is 0 Å². The standard InChI is InChI=1S/C66H45NO/c1-3-15-49(16-4-1)59-24-9-10-25-61(59)51-35-41-57(42-36-51)67(58-43-37-52(38-44-58)62-27-14-20-50-17-7-8-23-60(50)62)56-39-33-47(34-40-56)46-29-31-48(32-30-46)54-21-13-22-55(45-54)66-65(53-18-5-2-6-19-53)63-26-11-12-28-64(63)68-66/h1-45H. The molecule has 68 heavy (non-hydrogen) atoms. The van der Waals surface area contributed by atoms with Crippen molar-refractivity contribution in [3.05, 3.63) is 273 Å². The van der Waals surface area contributed by atoms with Crippen molar-refractivity contribution in [1.29, 1.82) is 0 Å². The minimum absolute atomic E-state index is 0.884. The van der Waals surface area contributed by atoms with Crippen molar-refractivity contribution in [3.63, 3.8) is 0 Å². The Morgan fingerprint density at radius 1 is 0.250 bits per heavy atom. The normalized spacial score (nSPS) is 11.2. The third kappa shape index (κ3) is 7.74. The first-order chi connectivity index (χ1) is 33.7. The molecule has 12 aromatic rings. The molecular formula is C66H45NO. The minimum atomic E-state index is 0.884. The van der Waals surface area contributed by atoms with Gasteiger partial charge in [0.25, 0.3) is 0 Å². The number of benzene rings is 11. The molecule has 0 amide bonds. The molecule has 1 heterocycles. The van der Waals surface area contributed by atoms with Crippen LogP contribution in [0, 0.1) is 0 Å². The Kier molecular flexibility index (Phi) is 10.6. The molecule has 0 fully saturated rings. The maximum Gasteiger partial charge on any atom is 0.143 e. The molecule has 0 bridgehead atoms. The summed E-state index contributed by atoms with van der Waals surface area (Å²) in [6.45, 7) is 0. The van der Waals surface area contributed by atoms with Gasteiger partial charge in [-0.25, -0.2) is 0 Å². The molecule has 0 spiro atoms. The quantitative estimate of drug-likeness (QED) is 0.136. The molecule has 0 aliphatic heterocycles. The number of hydrogen-bond donors (Lipinski definition) is 0. The van der Waals surface area contributed by atoms with Crippen LogP contribution in [-0.4, -0.2) is 0 Å². The highest BCUT2D eigenvalue weighted by atomic mass is 16.3. The zero-order chi connectivity index (χ0) is 45.2. The Hall–Kier alpha value is -8.98. The van der Waals surface area contributed by atoms with Crippen molar-refractivity contribution in [1.82, 2.24) is 0 Å². The summed E-state index contributed by atoms with van der Waals surface area (Å²) in [6.07, 6.45) is 0. The van der Waals surface area contributed by atoms with Crippen molar-refractivity contribution in [3.8, 4) is 78.1 Å². The van der Waals surface area contributed by atoms with Crippen molar-refractivity contribution in [2.24, 2.45) is 0 Å². The van der Waals surface area contributed by atoms with Gasteiger partial charge in [-0.1, -0.05) is 224 Å². The average molecular weight is 868 g/mol. The highest BCUT2D eigenvalue weighted by Crippen LogP contribution is 2.43. The number of rotatable bonds is 10. The van der Waals surface area contributed by atoms with Crippen LogP contribution in [-0.2, 0) is 0 Å². The van der Waals surface area contributed by atoms with Gasteiger partial charge >= 0.3 is 0 Å². The van der Waals surface area contributed by atoms with E-state index >= 15 is 0 Å². The van der Waals surface area contributed by atoms with Gasteiger partial charge in [0, 0.05) is 33.6 Å². The van der Waals surface area contributed by atoms with Crippen LogP contribution in [0.25, 0.3) is 99.8 Å². The number of nitrogens with zero attached hydrogens (tertiary/aromatic N) is 1. The van der Waals surface area contributed by atoms with E-state index in [1.807, 2.05) is 12.1 Å². The number of para-hydroxylation sites is 1. The maximum atomic E-state index is 6.57. The van der Waals surface area contributed by atoms with E-state index in [9.17, 15) is 0 Å². The SMILES string of the molecule is c1ccc(-c2ccccc2-c2ccc(N(c3ccc(-c4ccc(-c5cccc(-c6oc7ccccc7c6-c6ccccc6)c5)cc4)cc3)c3ccc(-c4cccc5ccccc45)cc3)cc2)cc1. The van der Waals surface area contributed by atoms with Gasteiger partial charge in [-0.15, -0.1) is 0 Å². The molecule has 12 rings (SSSR count). The van der Waals surface area contributed by atoms with E-state index in [0.717, 1.165) is 72.7 Å². The third-order valence-electron chi connectivity index (χ3n) is 13.1. The topological polar surface area (TPSA) is 16.4 Å². The Morgan fingerprint density at radius 2 is 0.647 bits per heavy atom. The van der Waals surface area contributed by atoms with Crippen LogP contribution in [0.1, 0.15) is 0 Å². The highest BCUT2D eigenvalue weighted by Gasteiger charge is 2.19. The second kappa shape index (κ2) is 17.8. The van der Waals surface area contributed by atoms with E-state index in [-0.39, 0.29) is 0 Å². The van der Waals surface area contributed by atoms with Crippen molar-refractivity contribution in [2.45, 2.75) is 0 Å². The number of anilines is 3. The summed E-state index contributed by atoms with van der Waals surface area (Å²) >= 11 is 0. The molecule has 0 aliphatic rings. The first kappa shape index (κ1) is 40.5. The molecule has 0 unspecified atom stereocenters. The highest BCUT2D eigenvalue weighted by molar-refractivity contribution is 6.02. The lowest BCUT2D eigenvalue weighted by Gasteiger charge is -2.26. The zero-order valence-corrected chi connectivity index (χ0v) is 37.3. The van der Waals surface area contributed by atoms with E-state index in [1.165, 1.54) is 44.2 Å². The van der Waals surface area contributed by atoms with E-state index < -0.39 is 0 Å². The van der Waals surface area contributed by atoms with Crippen molar-refractivity contribution in [2.75, 3.05) is 4.90 Å². The lowest BCUT2D eigenvalue weighted by atomic mass is 9.94. The summed E-state index contributed by atoms with van der Waals surface area (Å²) in [4.78, 5) is 2.35. The van der Waals surface area contributed by atoms with Crippen LogP contribution >= 0.6 is 0 Å². The van der Waals surface area contributed by atoms with Crippen LogP contribution in [0.15, 0.2) is 277 Å². The molecule has 2 nitrogen and oxygen atoms in total. The first-order valence-electron chi connectivity index (χ1n) is 23.2. The fourth-order valence-corrected chi connectivity index (χ4v) is 9.75. The second-order valence-corrected chi connectivity index (χ2v) is 17.2. The molecule has 2 heteroatoms. The molecule has 0 N–H and O–H groups in total. The number of fused-ring (bicyclic) bond motifs is 2. The van der Waals surface area contributed by atoms with E-state index in [2.05, 4.69) is 266 Å². The zero-order valence-electron chi connectivity index (χ0n) is 37.3. The van der Waals surface area contributed by atoms with Crippen molar-refractivity contribution >= 4 is 38.8 Å². The van der Waals surface area contributed by atoms with Crippen LogP contribution in [0.5, 0.6) is 0 Å². The Bertz CT molecular complexity index is 3680. The first-order valence-corrected chi connectivity index (χ1v) is 23.2. The van der Waals surface area contributed by atoms with Gasteiger partial charge < -0.3 is 9.32 Å². The fourth-order valence-electron chi connectivity index (χ4n) is 9.75. The Labute approximate surface area is 397 Å². The van der Waals surface area contributed by atoms with E-state index in [1.54, 1.807) is 0 Å². The summed E-state index contributed by atoms with van der Waals surface area (Å²) in [6, 6.07) is 97.8. The van der Waals surface area contributed by atoms with Gasteiger partial charge in [0.15, 0.2) is 0 Å². The molecule has 0 aliphatic carbocycles. The van der Waals surface area contributed by atoms with Gasteiger partial charge in [0.05, 0.1) is 0 Å².